The first-order valence-corrected chi connectivity index (χ1v) is 6.57. The van der Waals surface area contributed by atoms with E-state index in [0.717, 1.165) is 24.7 Å². The molecular weight excluding hydrogens is 188 g/mol. The summed E-state index contributed by atoms with van der Waals surface area (Å²) in [5.41, 5.74) is 0. The Morgan fingerprint density at radius 3 is 2.67 bits per heavy atom. The zero-order chi connectivity index (χ0) is 9.07. The summed E-state index contributed by atoms with van der Waals surface area (Å²) in [5, 5.41) is 0. The summed E-state index contributed by atoms with van der Waals surface area (Å²) in [6.45, 7) is 7.44. The summed E-state index contributed by atoms with van der Waals surface area (Å²) in [6, 6.07) is 0. The number of hydrogen-bond donors (Lipinski definition) is 0. The smallest absolute Gasteiger partial charge is 0.0556 e. The highest BCUT2D eigenvalue weighted by Crippen LogP contribution is 2.06. The van der Waals surface area contributed by atoms with E-state index < -0.39 is 0 Å². The molecule has 0 spiro atoms. The van der Waals surface area contributed by atoms with Gasteiger partial charge < -0.3 is 4.74 Å². The third kappa shape index (κ3) is 10.4. The molecule has 0 atom stereocenters. The molecule has 0 fully saturated rings. The van der Waals surface area contributed by atoms with Gasteiger partial charge in [0.2, 0.25) is 0 Å². The average molecular weight is 206 g/mol. The molecule has 0 aromatic carbocycles. The lowest BCUT2D eigenvalue weighted by atomic mass is 10.8. The lowest BCUT2D eigenvalue weighted by Gasteiger charge is -2.00. The van der Waals surface area contributed by atoms with Gasteiger partial charge in [-0.25, -0.2) is 0 Å². The molecule has 12 heavy (non-hydrogen) atoms. The summed E-state index contributed by atoms with van der Waals surface area (Å²) in [6.07, 6.45) is 1.95. The molecule has 0 aliphatic rings. The van der Waals surface area contributed by atoms with Crippen LogP contribution in [0.2, 0.25) is 0 Å². The largest absolute Gasteiger partial charge is 0.381 e. The molecule has 0 saturated heterocycles. The first-order chi connectivity index (χ1) is 5.91. The molecule has 0 rings (SSSR count). The van der Waals surface area contributed by atoms with E-state index in [0.29, 0.717) is 0 Å². The predicted octanol–water partition coefficient (Wildman–Crippen LogP) is 2.68. The monoisotopic (exact) mass is 206 g/mol. The highest BCUT2D eigenvalue weighted by molar-refractivity contribution is 8.03. The normalized spacial score (nSPS) is 10.1. The van der Waals surface area contributed by atoms with Gasteiger partial charge in [0, 0.05) is 29.6 Å². The van der Waals surface area contributed by atoms with Crippen LogP contribution < -0.4 is 0 Å². The molecule has 0 aromatic rings. The zero-order valence-corrected chi connectivity index (χ0v) is 9.38. The van der Waals surface area contributed by atoms with Gasteiger partial charge in [0.05, 0.1) is 6.61 Å². The van der Waals surface area contributed by atoms with Crippen LogP contribution in [-0.2, 0) is 4.74 Å². The second kappa shape index (κ2) is 11.4. The lowest BCUT2D eigenvalue weighted by molar-refractivity contribution is 0.164. The fourth-order valence-electron chi connectivity index (χ4n) is 0.649. The third-order valence-electron chi connectivity index (χ3n) is 1.18. The zero-order valence-electron chi connectivity index (χ0n) is 7.75. The Kier molecular flexibility index (Phi) is 11.8. The van der Waals surface area contributed by atoms with Crippen molar-refractivity contribution < 1.29 is 4.74 Å². The molecule has 0 heterocycles. The van der Waals surface area contributed by atoms with Gasteiger partial charge in [0.1, 0.15) is 0 Å². The van der Waals surface area contributed by atoms with E-state index in [1.54, 1.807) is 0 Å². The van der Waals surface area contributed by atoms with E-state index in [2.05, 4.69) is 6.58 Å². The van der Waals surface area contributed by atoms with Crippen molar-refractivity contribution in [1.82, 2.24) is 0 Å². The maximum absolute atomic E-state index is 5.22. The van der Waals surface area contributed by atoms with Gasteiger partial charge in [-0.15, -0.1) is 6.58 Å². The lowest BCUT2D eigenvalue weighted by Crippen LogP contribution is -1.97. The Morgan fingerprint density at radius 1 is 1.25 bits per heavy atom. The maximum atomic E-state index is 5.22. The highest BCUT2D eigenvalue weighted by Gasteiger charge is 1.89. The topological polar surface area (TPSA) is 9.23 Å². The summed E-state index contributed by atoms with van der Waals surface area (Å²) in [5.74, 6) is 4.66. The molecule has 72 valence electrons. The minimum atomic E-state index is 0.839. The van der Waals surface area contributed by atoms with E-state index in [-0.39, 0.29) is 0 Å². The third-order valence-corrected chi connectivity index (χ3v) is 3.35. The van der Waals surface area contributed by atoms with Crippen LogP contribution >= 0.6 is 23.5 Å². The average Bonchev–Trinajstić information content (AvgIpc) is 2.10. The van der Waals surface area contributed by atoms with E-state index in [1.165, 1.54) is 11.5 Å². The molecule has 0 radical (unpaired) electrons. The Labute approximate surface area is 84.3 Å². The van der Waals surface area contributed by atoms with Gasteiger partial charge in [0.25, 0.3) is 0 Å². The standard InChI is InChI=1S/C9H18OS2/c1-3-6-11-8-9-12-7-5-10-4-2/h3H,1,4-9H2,2H3. The van der Waals surface area contributed by atoms with Gasteiger partial charge in [-0.1, -0.05) is 6.08 Å². The van der Waals surface area contributed by atoms with Gasteiger partial charge in [-0.3, -0.25) is 0 Å². The van der Waals surface area contributed by atoms with Crippen LogP contribution in [-0.4, -0.2) is 36.2 Å². The summed E-state index contributed by atoms with van der Waals surface area (Å²) in [7, 11) is 0. The van der Waals surface area contributed by atoms with Crippen molar-refractivity contribution in [1.29, 1.82) is 0 Å². The Bertz CT molecular complexity index is 96.5. The number of thioether (sulfide) groups is 2. The molecule has 0 bridgehead atoms. The second-order valence-corrected chi connectivity index (χ2v) is 4.55. The molecular formula is C9H18OS2. The van der Waals surface area contributed by atoms with Crippen molar-refractivity contribution >= 4 is 23.5 Å². The Morgan fingerprint density at radius 2 is 2.00 bits per heavy atom. The first-order valence-electron chi connectivity index (χ1n) is 4.26. The fourth-order valence-corrected chi connectivity index (χ4v) is 2.36. The van der Waals surface area contributed by atoms with Crippen LogP contribution in [0.3, 0.4) is 0 Å². The van der Waals surface area contributed by atoms with E-state index >= 15 is 0 Å². The Hall–Kier alpha value is 0.400. The molecule has 0 aliphatic carbocycles. The number of hydrogen-bond acceptors (Lipinski definition) is 3. The fraction of sp³-hybridized carbons (Fsp3) is 0.778. The van der Waals surface area contributed by atoms with Gasteiger partial charge in [-0.05, 0) is 6.92 Å². The van der Waals surface area contributed by atoms with E-state index in [4.69, 9.17) is 4.74 Å². The summed E-state index contributed by atoms with van der Waals surface area (Å²) >= 11 is 3.90. The van der Waals surface area contributed by atoms with E-state index in [9.17, 15) is 0 Å². The summed E-state index contributed by atoms with van der Waals surface area (Å²) < 4.78 is 5.22. The van der Waals surface area contributed by atoms with Crippen molar-refractivity contribution in [2.45, 2.75) is 6.92 Å². The molecule has 1 nitrogen and oxygen atoms in total. The molecule has 0 amide bonds. The van der Waals surface area contributed by atoms with Crippen LogP contribution in [0, 0.1) is 0 Å². The quantitative estimate of drug-likeness (QED) is 0.424. The van der Waals surface area contributed by atoms with Crippen molar-refractivity contribution in [3.05, 3.63) is 12.7 Å². The minimum absolute atomic E-state index is 0.839. The van der Waals surface area contributed by atoms with Crippen LogP contribution in [0.25, 0.3) is 0 Å². The van der Waals surface area contributed by atoms with Crippen LogP contribution in [0.15, 0.2) is 12.7 Å². The van der Waals surface area contributed by atoms with Crippen LogP contribution in [0.1, 0.15) is 6.92 Å². The van der Waals surface area contributed by atoms with E-state index in [1.807, 2.05) is 36.5 Å². The number of ether oxygens (including phenoxy) is 1. The molecule has 0 aromatic heterocycles. The predicted molar refractivity (Wildman–Crippen MR) is 61.3 cm³/mol. The molecule has 0 saturated carbocycles. The van der Waals surface area contributed by atoms with Gasteiger partial charge >= 0.3 is 0 Å². The molecule has 0 aliphatic heterocycles. The van der Waals surface area contributed by atoms with Gasteiger partial charge in [-0.2, -0.15) is 23.5 Å². The minimum Gasteiger partial charge on any atom is -0.381 e. The van der Waals surface area contributed by atoms with Crippen molar-refractivity contribution in [2.75, 3.05) is 36.2 Å². The van der Waals surface area contributed by atoms with Crippen LogP contribution in [0.4, 0.5) is 0 Å². The first kappa shape index (κ1) is 12.4. The Balaban J connectivity index is 2.77. The maximum Gasteiger partial charge on any atom is 0.0556 e. The summed E-state index contributed by atoms with van der Waals surface area (Å²) in [4.78, 5) is 0. The molecule has 3 heteroatoms. The van der Waals surface area contributed by atoms with Crippen molar-refractivity contribution in [3.63, 3.8) is 0 Å². The molecule has 0 N–H and O–H groups in total. The van der Waals surface area contributed by atoms with Crippen molar-refractivity contribution in [3.8, 4) is 0 Å². The second-order valence-electron chi connectivity index (χ2n) is 2.17. The van der Waals surface area contributed by atoms with Gasteiger partial charge in [0.15, 0.2) is 0 Å². The number of rotatable bonds is 9. The van der Waals surface area contributed by atoms with Crippen LogP contribution in [0.5, 0.6) is 0 Å². The van der Waals surface area contributed by atoms with Crippen molar-refractivity contribution in [2.24, 2.45) is 0 Å². The highest BCUT2D eigenvalue weighted by atomic mass is 32.2. The SMILES string of the molecule is C=CCSCCSCCOCC. The molecule has 0 unspecified atom stereocenters.